The van der Waals surface area contributed by atoms with E-state index in [4.69, 9.17) is 10.5 Å². The van der Waals surface area contributed by atoms with Crippen molar-refractivity contribution >= 4 is 28.1 Å². The van der Waals surface area contributed by atoms with Crippen LogP contribution in [0.4, 0.5) is 5.69 Å². The Kier molecular flexibility index (Phi) is 4.80. The summed E-state index contributed by atoms with van der Waals surface area (Å²) in [6.45, 7) is 1.46. The zero-order valence-corrected chi connectivity index (χ0v) is 11.2. The summed E-state index contributed by atoms with van der Waals surface area (Å²) >= 11 is 0. The van der Waals surface area contributed by atoms with E-state index in [0.717, 1.165) is 0 Å². The SMILES string of the molecule is Cl.Nc1cc(S(=O)(=O)N2CCOCC2)ccc1O. The number of nitrogens with zero attached hydrogens (tertiary/aromatic N) is 1. The molecule has 2 rings (SSSR count). The van der Waals surface area contributed by atoms with E-state index in [1.165, 1.54) is 22.5 Å². The number of nitrogen functional groups attached to an aromatic ring is 1. The average molecular weight is 295 g/mol. The van der Waals surface area contributed by atoms with Gasteiger partial charge in [-0.05, 0) is 18.2 Å². The third-order valence-electron chi connectivity index (χ3n) is 2.61. The summed E-state index contributed by atoms with van der Waals surface area (Å²) in [5, 5.41) is 9.27. The Bertz CT molecular complexity index is 515. The van der Waals surface area contributed by atoms with Gasteiger partial charge in [-0.15, -0.1) is 12.4 Å². The largest absolute Gasteiger partial charge is 0.506 e. The maximum Gasteiger partial charge on any atom is 0.243 e. The number of anilines is 1. The van der Waals surface area contributed by atoms with Crippen molar-refractivity contribution in [3.05, 3.63) is 18.2 Å². The number of phenolic OH excluding ortho intramolecular Hbond substituents is 1. The summed E-state index contributed by atoms with van der Waals surface area (Å²) in [6, 6.07) is 3.89. The molecule has 0 atom stereocenters. The number of morpholine rings is 1. The highest BCUT2D eigenvalue weighted by Gasteiger charge is 2.26. The van der Waals surface area contributed by atoms with Crippen LogP contribution in [0.1, 0.15) is 0 Å². The van der Waals surface area contributed by atoms with Gasteiger partial charge in [0.15, 0.2) is 0 Å². The van der Waals surface area contributed by atoms with Crippen molar-refractivity contribution in [2.45, 2.75) is 4.90 Å². The molecule has 0 spiro atoms. The molecule has 1 heterocycles. The molecule has 0 radical (unpaired) electrons. The summed E-state index contributed by atoms with van der Waals surface area (Å²) < 4.78 is 30.8. The predicted octanol–water partition coefficient (Wildman–Crippen LogP) is 0.417. The predicted molar refractivity (Wildman–Crippen MR) is 69.3 cm³/mol. The van der Waals surface area contributed by atoms with Gasteiger partial charge in [0.1, 0.15) is 5.75 Å². The second-order valence-corrected chi connectivity index (χ2v) is 5.68. The second-order valence-electron chi connectivity index (χ2n) is 3.74. The first-order valence-corrected chi connectivity index (χ1v) is 6.62. The number of sulfonamides is 1. The van der Waals surface area contributed by atoms with E-state index in [1.807, 2.05) is 0 Å². The minimum atomic E-state index is -3.54. The van der Waals surface area contributed by atoms with Crippen LogP contribution in [0.3, 0.4) is 0 Å². The molecular formula is C10H15ClN2O4S. The summed E-state index contributed by atoms with van der Waals surface area (Å²) in [5.74, 6) is -0.120. The van der Waals surface area contributed by atoms with Crippen molar-refractivity contribution in [2.75, 3.05) is 32.0 Å². The smallest absolute Gasteiger partial charge is 0.243 e. The van der Waals surface area contributed by atoms with Crippen molar-refractivity contribution in [1.82, 2.24) is 4.31 Å². The van der Waals surface area contributed by atoms with Crippen molar-refractivity contribution in [3.63, 3.8) is 0 Å². The van der Waals surface area contributed by atoms with Crippen LogP contribution in [0, 0.1) is 0 Å². The van der Waals surface area contributed by atoms with Crippen LogP contribution in [0.25, 0.3) is 0 Å². The van der Waals surface area contributed by atoms with Gasteiger partial charge in [0.25, 0.3) is 0 Å². The van der Waals surface area contributed by atoms with Crippen LogP contribution >= 0.6 is 12.4 Å². The quantitative estimate of drug-likeness (QED) is 0.609. The lowest BCUT2D eigenvalue weighted by Crippen LogP contribution is -2.40. The fourth-order valence-corrected chi connectivity index (χ4v) is 3.07. The van der Waals surface area contributed by atoms with Gasteiger partial charge in [0.05, 0.1) is 23.8 Å². The molecule has 3 N–H and O–H groups in total. The van der Waals surface area contributed by atoms with E-state index in [-0.39, 0.29) is 28.7 Å². The minimum Gasteiger partial charge on any atom is -0.506 e. The van der Waals surface area contributed by atoms with Crippen molar-refractivity contribution < 1.29 is 18.3 Å². The molecule has 0 saturated carbocycles. The molecule has 1 aromatic rings. The van der Waals surface area contributed by atoms with E-state index in [2.05, 4.69) is 0 Å². The van der Waals surface area contributed by atoms with Crippen LogP contribution in [-0.2, 0) is 14.8 Å². The Morgan fingerprint density at radius 1 is 1.28 bits per heavy atom. The number of rotatable bonds is 2. The van der Waals surface area contributed by atoms with Crippen molar-refractivity contribution in [2.24, 2.45) is 0 Å². The second kappa shape index (κ2) is 5.75. The van der Waals surface area contributed by atoms with E-state index in [9.17, 15) is 13.5 Å². The molecule has 0 aliphatic carbocycles. The summed E-state index contributed by atoms with van der Waals surface area (Å²) in [6.07, 6.45) is 0. The zero-order valence-electron chi connectivity index (χ0n) is 9.57. The third kappa shape index (κ3) is 2.86. The Morgan fingerprint density at radius 3 is 2.44 bits per heavy atom. The standard InChI is InChI=1S/C10H14N2O4S.ClH/c11-9-7-8(1-2-10(9)13)17(14,15)12-3-5-16-6-4-12;/h1-2,7,13H,3-6,11H2;1H. The highest BCUT2D eigenvalue weighted by molar-refractivity contribution is 7.89. The molecule has 1 saturated heterocycles. The molecule has 0 unspecified atom stereocenters. The van der Waals surface area contributed by atoms with Gasteiger partial charge in [-0.2, -0.15) is 4.31 Å². The van der Waals surface area contributed by atoms with Gasteiger partial charge >= 0.3 is 0 Å². The van der Waals surface area contributed by atoms with Crippen LogP contribution in [0.5, 0.6) is 5.75 Å². The van der Waals surface area contributed by atoms with E-state index >= 15 is 0 Å². The molecule has 1 fully saturated rings. The van der Waals surface area contributed by atoms with Gasteiger partial charge < -0.3 is 15.6 Å². The molecule has 0 bridgehead atoms. The molecule has 1 aromatic carbocycles. The van der Waals surface area contributed by atoms with Gasteiger partial charge in [-0.3, -0.25) is 0 Å². The molecule has 0 amide bonds. The maximum absolute atomic E-state index is 12.2. The first kappa shape index (κ1) is 15.0. The Labute approximate surface area is 112 Å². The number of nitrogens with two attached hydrogens (primary N) is 1. The third-order valence-corrected chi connectivity index (χ3v) is 4.50. The zero-order chi connectivity index (χ0) is 12.5. The van der Waals surface area contributed by atoms with Crippen LogP contribution in [-0.4, -0.2) is 44.1 Å². The van der Waals surface area contributed by atoms with E-state index in [1.54, 1.807) is 0 Å². The monoisotopic (exact) mass is 294 g/mol. The minimum absolute atomic E-state index is 0. The van der Waals surface area contributed by atoms with Crippen molar-refractivity contribution in [1.29, 1.82) is 0 Å². The van der Waals surface area contributed by atoms with Gasteiger partial charge in [-0.25, -0.2) is 8.42 Å². The topological polar surface area (TPSA) is 92.9 Å². The van der Waals surface area contributed by atoms with Crippen LogP contribution in [0.15, 0.2) is 23.1 Å². The Morgan fingerprint density at radius 2 is 1.89 bits per heavy atom. The van der Waals surface area contributed by atoms with Gasteiger partial charge in [0.2, 0.25) is 10.0 Å². The molecule has 18 heavy (non-hydrogen) atoms. The van der Waals surface area contributed by atoms with Crippen LogP contribution < -0.4 is 5.73 Å². The van der Waals surface area contributed by atoms with Crippen molar-refractivity contribution in [3.8, 4) is 5.75 Å². The molecule has 102 valence electrons. The average Bonchev–Trinajstić information content (AvgIpc) is 2.33. The number of ether oxygens (including phenoxy) is 1. The van der Waals surface area contributed by atoms with E-state index in [0.29, 0.717) is 26.3 Å². The number of hydrogen-bond acceptors (Lipinski definition) is 5. The molecule has 1 aliphatic rings. The maximum atomic E-state index is 12.2. The lowest BCUT2D eigenvalue weighted by Gasteiger charge is -2.26. The Hall–Kier alpha value is -1.02. The molecular weight excluding hydrogens is 280 g/mol. The first-order valence-electron chi connectivity index (χ1n) is 5.18. The highest BCUT2D eigenvalue weighted by atomic mass is 35.5. The highest BCUT2D eigenvalue weighted by Crippen LogP contribution is 2.25. The number of hydrogen-bond donors (Lipinski definition) is 2. The fraction of sp³-hybridized carbons (Fsp3) is 0.400. The van der Waals surface area contributed by atoms with Gasteiger partial charge in [0, 0.05) is 13.1 Å². The first-order chi connectivity index (χ1) is 8.01. The lowest BCUT2D eigenvalue weighted by atomic mass is 10.3. The number of benzene rings is 1. The lowest BCUT2D eigenvalue weighted by molar-refractivity contribution is 0.0730. The molecule has 8 heteroatoms. The summed E-state index contributed by atoms with van der Waals surface area (Å²) in [4.78, 5) is 0.0923. The van der Waals surface area contributed by atoms with Crippen LogP contribution in [0.2, 0.25) is 0 Å². The van der Waals surface area contributed by atoms with Gasteiger partial charge in [-0.1, -0.05) is 0 Å². The normalized spacial score (nSPS) is 17.1. The summed E-state index contributed by atoms with van der Waals surface area (Å²) in [7, 11) is -3.54. The number of aromatic hydroxyl groups is 1. The van der Waals surface area contributed by atoms with E-state index < -0.39 is 10.0 Å². The Balaban J connectivity index is 0.00000162. The number of halogens is 1. The summed E-state index contributed by atoms with van der Waals surface area (Å²) in [5.41, 5.74) is 5.54. The molecule has 0 aromatic heterocycles. The number of phenols is 1. The molecule has 6 nitrogen and oxygen atoms in total. The molecule has 1 aliphatic heterocycles. The fourth-order valence-electron chi connectivity index (χ4n) is 1.63.